The summed E-state index contributed by atoms with van der Waals surface area (Å²) >= 11 is 0. The first kappa shape index (κ1) is 13.4. The van der Waals surface area contributed by atoms with Crippen LogP contribution in [-0.4, -0.2) is 20.7 Å². The van der Waals surface area contributed by atoms with Crippen LogP contribution in [0.1, 0.15) is 5.69 Å². The van der Waals surface area contributed by atoms with Crippen molar-refractivity contribution in [1.82, 2.24) is 14.2 Å². The predicted molar refractivity (Wildman–Crippen MR) is 79.1 cm³/mol. The van der Waals surface area contributed by atoms with Gasteiger partial charge in [0.25, 0.3) is 5.56 Å². The number of hydrogen-bond donors (Lipinski definition) is 1. The highest BCUT2D eigenvalue weighted by molar-refractivity contribution is 5.45. The van der Waals surface area contributed by atoms with Gasteiger partial charge >= 0.3 is 0 Å². The van der Waals surface area contributed by atoms with Crippen molar-refractivity contribution >= 4 is 11.2 Å². The van der Waals surface area contributed by atoms with Crippen LogP contribution in [0.5, 0.6) is 0 Å². The highest BCUT2D eigenvalue weighted by atomic mass is 19.1. The lowest BCUT2D eigenvalue weighted by Crippen LogP contribution is -2.24. The summed E-state index contributed by atoms with van der Waals surface area (Å²) in [4.78, 5) is 12.3. The summed E-state index contributed by atoms with van der Waals surface area (Å²) in [6.45, 7) is 2.76. The third-order valence-corrected chi connectivity index (χ3v) is 3.27. The van der Waals surface area contributed by atoms with Crippen LogP contribution in [0.3, 0.4) is 0 Å². The fourth-order valence-corrected chi connectivity index (χ4v) is 2.24. The average molecular weight is 286 g/mol. The standard InChI is InChI=1S/C15H15FN4O/c1-11-10-14-15(21)19(8-9-20(14)18-11)7-6-17-13-5-3-2-4-12(13)16/h2-5,8-10,17H,6-7H2,1H3. The van der Waals surface area contributed by atoms with Gasteiger partial charge in [-0.25, -0.2) is 8.91 Å². The number of rotatable bonds is 4. The number of fused-ring (bicyclic) bond motifs is 1. The molecule has 0 spiro atoms. The topological polar surface area (TPSA) is 51.3 Å². The number of para-hydroxylation sites is 1. The number of nitrogens with zero attached hydrogens (tertiary/aromatic N) is 3. The fraction of sp³-hybridized carbons (Fsp3) is 0.200. The van der Waals surface area contributed by atoms with E-state index < -0.39 is 0 Å². The normalized spacial score (nSPS) is 11.0. The maximum atomic E-state index is 13.5. The lowest BCUT2D eigenvalue weighted by Gasteiger charge is -2.09. The largest absolute Gasteiger partial charge is 0.381 e. The molecule has 3 rings (SSSR count). The van der Waals surface area contributed by atoms with Gasteiger partial charge in [0.1, 0.15) is 11.3 Å². The fourth-order valence-electron chi connectivity index (χ4n) is 2.24. The van der Waals surface area contributed by atoms with Crippen LogP contribution in [0.25, 0.3) is 5.52 Å². The highest BCUT2D eigenvalue weighted by Crippen LogP contribution is 2.11. The van der Waals surface area contributed by atoms with Gasteiger partial charge in [-0.05, 0) is 25.1 Å². The van der Waals surface area contributed by atoms with Gasteiger partial charge in [0.05, 0.1) is 11.4 Å². The average Bonchev–Trinajstić information content (AvgIpc) is 2.85. The molecule has 0 atom stereocenters. The van der Waals surface area contributed by atoms with Gasteiger partial charge in [-0.15, -0.1) is 0 Å². The molecule has 1 N–H and O–H groups in total. The zero-order valence-electron chi connectivity index (χ0n) is 11.6. The second-order valence-electron chi connectivity index (χ2n) is 4.82. The van der Waals surface area contributed by atoms with E-state index in [1.165, 1.54) is 6.07 Å². The summed E-state index contributed by atoms with van der Waals surface area (Å²) in [5, 5.41) is 7.18. The van der Waals surface area contributed by atoms with E-state index in [1.54, 1.807) is 45.7 Å². The number of hydrogen-bond acceptors (Lipinski definition) is 3. The van der Waals surface area contributed by atoms with E-state index in [0.29, 0.717) is 24.3 Å². The molecule has 0 radical (unpaired) electrons. The smallest absolute Gasteiger partial charge is 0.276 e. The van der Waals surface area contributed by atoms with E-state index in [9.17, 15) is 9.18 Å². The summed E-state index contributed by atoms with van der Waals surface area (Å²) in [5.74, 6) is -0.299. The molecule has 0 saturated heterocycles. The lowest BCUT2D eigenvalue weighted by molar-refractivity contribution is 0.626. The van der Waals surface area contributed by atoms with E-state index >= 15 is 0 Å². The van der Waals surface area contributed by atoms with Gasteiger partial charge in [-0.2, -0.15) is 5.10 Å². The molecular formula is C15H15FN4O. The molecule has 0 aliphatic carbocycles. The van der Waals surface area contributed by atoms with Crippen LogP contribution < -0.4 is 10.9 Å². The maximum absolute atomic E-state index is 13.5. The first-order chi connectivity index (χ1) is 10.1. The molecule has 1 aromatic carbocycles. The summed E-state index contributed by atoms with van der Waals surface area (Å²) in [6.07, 6.45) is 3.43. The van der Waals surface area contributed by atoms with Gasteiger partial charge in [0.15, 0.2) is 0 Å². The first-order valence-corrected chi connectivity index (χ1v) is 6.69. The Kier molecular flexibility index (Phi) is 3.43. The Morgan fingerprint density at radius 3 is 2.90 bits per heavy atom. The van der Waals surface area contributed by atoms with Crippen LogP contribution in [0.4, 0.5) is 10.1 Å². The summed E-state index contributed by atoms with van der Waals surface area (Å²) in [5.41, 5.74) is 1.68. The van der Waals surface area contributed by atoms with Crippen LogP contribution in [0, 0.1) is 12.7 Å². The van der Waals surface area contributed by atoms with Crippen molar-refractivity contribution in [1.29, 1.82) is 0 Å². The molecule has 0 bridgehead atoms. The van der Waals surface area contributed by atoms with Crippen molar-refractivity contribution in [2.45, 2.75) is 13.5 Å². The van der Waals surface area contributed by atoms with Crippen LogP contribution in [0.2, 0.25) is 0 Å². The molecule has 0 aliphatic heterocycles. The van der Waals surface area contributed by atoms with Crippen molar-refractivity contribution in [3.63, 3.8) is 0 Å². The molecule has 6 heteroatoms. The SMILES string of the molecule is Cc1cc2c(=O)n(CCNc3ccccc3F)ccn2n1. The van der Waals surface area contributed by atoms with Crippen molar-refractivity contribution in [3.05, 3.63) is 64.6 Å². The molecule has 21 heavy (non-hydrogen) atoms. The summed E-state index contributed by atoms with van der Waals surface area (Å²) in [6, 6.07) is 8.22. The molecule has 0 aliphatic rings. The summed E-state index contributed by atoms with van der Waals surface area (Å²) in [7, 11) is 0. The minimum Gasteiger partial charge on any atom is -0.381 e. The molecule has 0 unspecified atom stereocenters. The Morgan fingerprint density at radius 2 is 2.10 bits per heavy atom. The Balaban J connectivity index is 1.75. The Morgan fingerprint density at radius 1 is 1.29 bits per heavy atom. The minimum atomic E-state index is -0.299. The van der Waals surface area contributed by atoms with Crippen LogP contribution in [0.15, 0.2) is 47.5 Å². The van der Waals surface area contributed by atoms with Crippen LogP contribution in [-0.2, 0) is 6.54 Å². The number of halogens is 1. The first-order valence-electron chi connectivity index (χ1n) is 6.69. The second-order valence-corrected chi connectivity index (χ2v) is 4.82. The van der Waals surface area contributed by atoms with E-state index in [1.807, 2.05) is 6.92 Å². The molecule has 0 saturated carbocycles. The molecule has 2 aromatic heterocycles. The van der Waals surface area contributed by atoms with Crippen molar-refractivity contribution in [2.75, 3.05) is 11.9 Å². The number of aryl methyl sites for hydroxylation is 1. The Hall–Kier alpha value is -2.63. The zero-order valence-corrected chi connectivity index (χ0v) is 11.6. The molecule has 2 heterocycles. The Bertz CT molecular complexity index is 837. The van der Waals surface area contributed by atoms with E-state index in [2.05, 4.69) is 10.4 Å². The van der Waals surface area contributed by atoms with Crippen molar-refractivity contribution in [3.8, 4) is 0 Å². The maximum Gasteiger partial charge on any atom is 0.276 e. The van der Waals surface area contributed by atoms with E-state index in [4.69, 9.17) is 0 Å². The molecule has 3 aromatic rings. The number of benzene rings is 1. The predicted octanol–water partition coefficient (Wildman–Crippen LogP) is 2.06. The number of nitrogens with one attached hydrogen (secondary N) is 1. The van der Waals surface area contributed by atoms with Gasteiger partial charge in [0.2, 0.25) is 0 Å². The molecular weight excluding hydrogens is 271 g/mol. The number of aromatic nitrogens is 3. The quantitative estimate of drug-likeness (QED) is 0.798. The van der Waals surface area contributed by atoms with Gasteiger partial charge in [-0.1, -0.05) is 12.1 Å². The van der Waals surface area contributed by atoms with E-state index in [0.717, 1.165) is 5.69 Å². The molecule has 0 fully saturated rings. The second kappa shape index (κ2) is 5.40. The molecule has 5 nitrogen and oxygen atoms in total. The lowest BCUT2D eigenvalue weighted by atomic mass is 10.3. The van der Waals surface area contributed by atoms with Crippen molar-refractivity contribution in [2.24, 2.45) is 0 Å². The van der Waals surface area contributed by atoms with Crippen molar-refractivity contribution < 1.29 is 4.39 Å². The minimum absolute atomic E-state index is 0.103. The highest BCUT2D eigenvalue weighted by Gasteiger charge is 2.05. The molecule has 0 amide bonds. The van der Waals surface area contributed by atoms with Crippen LogP contribution >= 0.6 is 0 Å². The monoisotopic (exact) mass is 286 g/mol. The van der Waals surface area contributed by atoms with E-state index in [-0.39, 0.29) is 11.4 Å². The third kappa shape index (κ3) is 2.65. The number of anilines is 1. The Labute approximate surface area is 120 Å². The molecule has 108 valence electrons. The summed E-state index contributed by atoms with van der Waals surface area (Å²) < 4.78 is 16.6. The zero-order chi connectivity index (χ0) is 14.8. The van der Waals surface area contributed by atoms with Gasteiger partial charge < -0.3 is 9.88 Å². The third-order valence-electron chi connectivity index (χ3n) is 3.27. The van der Waals surface area contributed by atoms with Gasteiger partial charge in [-0.3, -0.25) is 4.79 Å². The van der Waals surface area contributed by atoms with Gasteiger partial charge in [0, 0.05) is 25.5 Å².